The van der Waals surface area contributed by atoms with Crippen molar-refractivity contribution in [3.8, 4) is 0 Å². The zero-order valence-corrected chi connectivity index (χ0v) is 23.0. The Bertz CT molecular complexity index is 1380. The number of benzene rings is 2. The summed E-state index contributed by atoms with van der Waals surface area (Å²) in [5.74, 6) is -4.05. The second kappa shape index (κ2) is 13.9. The van der Waals surface area contributed by atoms with Crippen LogP contribution in [-0.4, -0.2) is 48.9 Å². The summed E-state index contributed by atoms with van der Waals surface area (Å²) in [4.78, 5) is 56.7. The first kappa shape index (κ1) is 35.6. The van der Waals surface area contributed by atoms with Crippen molar-refractivity contribution in [1.82, 2.24) is 0 Å². The lowest BCUT2D eigenvalue weighted by Gasteiger charge is -2.19. The number of aliphatic hydroxyl groups excluding tert-OH is 1. The summed E-state index contributed by atoms with van der Waals surface area (Å²) in [6, 6.07) is 2.78. The van der Waals surface area contributed by atoms with Crippen LogP contribution in [0.15, 0.2) is 24.3 Å². The van der Waals surface area contributed by atoms with Gasteiger partial charge in [0.25, 0.3) is 0 Å². The van der Waals surface area contributed by atoms with E-state index in [1.165, 1.54) is 0 Å². The summed E-state index contributed by atoms with van der Waals surface area (Å²) in [7, 11) is 2.09. The minimum atomic E-state index is -4.80. The lowest BCUT2D eigenvalue weighted by Crippen LogP contribution is -2.18. The van der Waals surface area contributed by atoms with Crippen molar-refractivity contribution < 1.29 is 64.9 Å². The first-order valence-electron chi connectivity index (χ1n) is 11.6. The number of rotatable bonds is 6. The van der Waals surface area contributed by atoms with Gasteiger partial charge in [-0.15, -0.1) is 0 Å². The molecule has 2 rings (SSSR count). The number of halogens is 6. The first-order chi connectivity index (χ1) is 19.1. The number of hydrogen-bond acceptors (Lipinski definition) is 8. The van der Waals surface area contributed by atoms with Crippen LogP contribution in [0.4, 0.5) is 37.7 Å². The van der Waals surface area contributed by atoms with Crippen molar-refractivity contribution in [3.05, 3.63) is 57.6 Å². The average molecular weight is 608 g/mol. The average Bonchev–Trinajstić information content (AvgIpc) is 2.85. The minimum absolute atomic E-state index is 0.267. The zero-order valence-electron chi connectivity index (χ0n) is 23.0. The summed E-state index contributed by atoms with van der Waals surface area (Å²) >= 11 is 0. The summed E-state index contributed by atoms with van der Waals surface area (Å²) in [5.41, 5.74) is -4.80. The topological polar surface area (TPSA) is 148 Å². The van der Waals surface area contributed by atoms with Gasteiger partial charge < -0.3 is 25.2 Å². The molecule has 0 aliphatic heterocycles. The molecule has 0 bridgehead atoms. The lowest BCUT2D eigenvalue weighted by atomic mass is 9.97. The number of amides is 2. The molecule has 42 heavy (non-hydrogen) atoms. The Hall–Kier alpha value is -4.47. The highest BCUT2D eigenvalue weighted by molar-refractivity contribution is 6.05. The van der Waals surface area contributed by atoms with Crippen LogP contribution in [0, 0.1) is 0 Å². The highest BCUT2D eigenvalue weighted by Gasteiger charge is 2.37. The van der Waals surface area contributed by atoms with Gasteiger partial charge in [-0.3, -0.25) is 14.4 Å². The molecule has 0 spiro atoms. The third-order valence-electron chi connectivity index (χ3n) is 5.22. The van der Waals surface area contributed by atoms with Gasteiger partial charge in [0.1, 0.15) is 0 Å². The van der Waals surface area contributed by atoms with Crippen LogP contribution in [0.25, 0.3) is 0 Å². The number of carbonyl (C=O) groups is 5. The van der Waals surface area contributed by atoms with Crippen LogP contribution >= 0.6 is 0 Å². The Morgan fingerprint density at radius 1 is 0.690 bits per heavy atom. The first-order valence-corrected chi connectivity index (χ1v) is 11.6. The van der Waals surface area contributed by atoms with E-state index in [4.69, 9.17) is 0 Å². The van der Waals surface area contributed by atoms with Gasteiger partial charge in [-0.1, -0.05) is 0 Å². The predicted octanol–water partition coefficient (Wildman–Crippen LogP) is 5.16. The monoisotopic (exact) mass is 608 g/mol. The molecule has 0 aromatic heterocycles. The van der Waals surface area contributed by atoms with Crippen LogP contribution in [0.5, 0.6) is 0 Å². The van der Waals surface area contributed by atoms with Gasteiger partial charge in [0.05, 0.1) is 54.0 Å². The molecule has 0 saturated carbocycles. The Morgan fingerprint density at radius 3 is 1.38 bits per heavy atom. The van der Waals surface area contributed by atoms with Crippen LogP contribution in [0.1, 0.15) is 81.6 Å². The van der Waals surface area contributed by atoms with E-state index in [9.17, 15) is 55.4 Å². The number of ether oxygens (including phenoxy) is 2. The van der Waals surface area contributed by atoms with Gasteiger partial charge in [0, 0.05) is 19.4 Å². The fourth-order valence-electron chi connectivity index (χ4n) is 3.48. The van der Waals surface area contributed by atoms with Gasteiger partial charge in [0.2, 0.25) is 11.8 Å². The molecule has 1 atom stereocenters. The number of nitrogens with one attached hydrogen (secondary N) is 2. The van der Waals surface area contributed by atoms with Gasteiger partial charge in [0.15, 0.2) is 5.78 Å². The van der Waals surface area contributed by atoms with Crippen molar-refractivity contribution in [2.45, 2.75) is 46.2 Å². The number of carbonyl (C=O) groups excluding carboxylic acids is 5. The second-order valence-corrected chi connectivity index (χ2v) is 8.50. The number of Topliss-reactive ketones (excluding diaryl/α,β-unsaturated/α-hetero) is 1. The molecule has 0 saturated heterocycles. The molecule has 0 fully saturated rings. The van der Waals surface area contributed by atoms with Crippen molar-refractivity contribution >= 4 is 40.9 Å². The fourth-order valence-corrected chi connectivity index (χ4v) is 3.48. The molecular weight excluding hydrogens is 582 g/mol. The van der Waals surface area contributed by atoms with Crippen molar-refractivity contribution in [2.75, 3.05) is 24.9 Å². The van der Waals surface area contributed by atoms with E-state index in [1.54, 1.807) is 0 Å². The van der Waals surface area contributed by atoms with E-state index in [0.29, 0.717) is 12.1 Å². The van der Waals surface area contributed by atoms with Crippen molar-refractivity contribution in [2.24, 2.45) is 0 Å². The Kier molecular flexibility index (Phi) is 11.8. The van der Waals surface area contributed by atoms with Crippen molar-refractivity contribution in [1.29, 1.82) is 0 Å². The third-order valence-corrected chi connectivity index (χ3v) is 5.22. The van der Waals surface area contributed by atoms with Gasteiger partial charge >= 0.3 is 24.3 Å². The van der Waals surface area contributed by atoms with E-state index in [1.807, 2.05) is 0 Å². The van der Waals surface area contributed by atoms with Crippen LogP contribution in [0.3, 0.4) is 0 Å². The normalized spacial score (nSPS) is 11.8. The molecular formula is C26H26F6N2O8. The molecule has 0 radical (unpaired) electrons. The molecule has 0 aliphatic rings. The molecule has 0 aliphatic carbocycles. The van der Waals surface area contributed by atoms with Crippen LogP contribution in [-0.2, 0) is 31.4 Å². The summed E-state index contributed by atoms with van der Waals surface area (Å²) < 4.78 is 86.8. The standard InChI is InChI=1S/C13H14F3NO4.C13H12F3NO4/c2*1-6(18)8-4-9(12(20)21-3)11(17-7(2)19)5-10(8)13(14,15)16/h4-6,18H,1-3H3,(H,17,19);4-5H,1-3H3,(H,17,19). The highest BCUT2D eigenvalue weighted by atomic mass is 19.4. The Labute approximate surface area is 235 Å². The Balaban J connectivity index is 0.000000420. The zero-order chi connectivity index (χ0) is 32.7. The summed E-state index contributed by atoms with van der Waals surface area (Å²) in [6.45, 7) is 4.26. The molecule has 2 aromatic rings. The lowest BCUT2D eigenvalue weighted by molar-refractivity contribution is -0.139. The number of alkyl halides is 6. The maximum absolute atomic E-state index is 13.0. The van der Waals surface area contributed by atoms with E-state index < -0.39 is 70.2 Å². The van der Waals surface area contributed by atoms with E-state index in [-0.39, 0.29) is 22.5 Å². The van der Waals surface area contributed by atoms with E-state index in [2.05, 4.69) is 20.1 Å². The molecule has 2 amide bonds. The van der Waals surface area contributed by atoms with E-state index in [0.717, 1.165) is 54.0 Å². The number of esters is 2. The van der Waals surface area contributed by atoms with Gasteiger partial charge in [-0.25, -0.2) is 9.59 Å². The molecule has 1 unspecified atom stereocenters. The van der Waals surface area contributed by atoms with Gasteiger partial charge in [-0.05, 0) is 43.7 Å². The molecule has 16 heteroatoms. The van der Waals surface area contributed by atoms with Crippen LogP contribution < -0.4 is 10.6 Å². The number of methoxy groups -OCH3 is 2. The van der Waals surface area contributed by atoms with Crippen LogP contribution in [0.2, 0.25) is 0 Å². The molecule has 3 N–H and O–H groups in total. The predicted molar refractivity (Wildman–Crippen MR) is 135 cm³/mol. The quantitative estimate of drug-likeness (QED) is 0.232. The fraction of sp³-hybridized carbons (Fsp3) is 0.346. The second-order valence-electron chi connectivity index (χ2n) is 8.50. The number of anilines is 2. The number of hydrogen-bond donors (Lipinski definition) is 3. The summed E-state index contributed by atoms with van der Waals surface area (Å²) in [6.07, 6.45) is -11.0. The minimum Gasteiger partial charge on any atom is -0.465 e. The highest BCUT2D eigenvalue weighted by Crippen LogP contribution is 2.38. The third kappa shape index (κ3) is 9.29. The molecule has 2 aromatic carbocycles. The van der Waals surface area contributed by atoms with Gasteiger partial charge in [-0.2, -0.15) is 26.3 Å². The Morgan fingerprint density at radius 2 is 1.07 bits per heavy atom. The van der Waals surface area contributed by atoms with E-state index >= 15 is 0 Å². The largest absolute Gasteiger partial charge is 0.465 e. The molecule has 230 valence electrons. The van der Waals surface area contributed by atoms with Crippen molar-refractivity contribution in [3.63, 3.8) is 0 Å². The molecule has 0 heterocycles. The maximum Gasteiger partial charge on any atom is 0.417 e. The summed E-state index contributed by atoms with van der Waals surface area (Å²) in [5, 5.41) is 13.7. The SMILES string of the molecule is COC(=O)c1cc(C(C)=O)c(C(F)(F)F)cc1NC(C)=O.COC(=O)c1cc(C(C)O)c(C(F)(F)F)cc1NC(C)=O. The number of aliphatic hydroxyl groups is 1. The smallest absolute Gasteiger partial charge is 0.417 e. The molecule has 10 nitrogen and oxygen atoms in total. The number of ketones is 1. The maximum atomic E-state index is 13.0.